The van der Waals surface area contributed by atoms with Crippen LogP contribution < -0.4 is 5.43 Å². The van der Waals surface area contributed by atoms with E-state index in [1.807, 2.05) is 67.6 Å². The van der Waals surface area contributed by atoms with Crippen LogP contribution in [0.4, 0.5) is 0 Å². The highest BCUT2D eigenvalue weighted by Gasteiger charge is 2.72. The number of carbonyl (C=O) groups is 3. The normalized spacial score (nSPS) is 28.9. The Balaban J connectivity index is 1.51. The molecule has 1 N–H and O–H groups in total. The highest BCUT2D eigenvalue weighted by molar-refractivity contribution is 9.10. The third-order valence-electron chi connectivity index (χ3n) is 7.19. The van der Waals surface area contributed by atoms with Crippen molar-refractivity contribution in [2.24, 2.45) is 11.8 Å². The molecule has 0 radical (unpaired) electrons. The van der Waals surface area contributed by atoms with Gasteiger partial charge in [-0.25, -0.2) is 0 Å². The molecule has 4 aliphatic rings. The summed E-state index contributed by atoms with van der Waals surface area (Å²) in [6.07, 6.45) is 0. The smallest absolute Gasteiger partial charge is 0.270 e. The fraction of sp³-hybridized carbons (Fsp3) is 0.192. The van der Waals surface area contributed by atoms with Crippen LogP contribution in [-0.4, -0.2) is 22.7 Å². The Morgan fingerprint density at radius 3 is 1.58 bits per heavy atom. The second-order valence-corrected chi connectivity index (χ2v) is 11.2. The van der Waals surface area contributed by atoms with Crippen molar-refractivity contribution in [1.29, 1.82) is 0 Å². The van der Waals surface area contributed by atoms with Crippen LogP contribution in [0.15, 0.2) is 72.8 Å². The summed E-state index contributed by atoms with van der Waals surface area (Å²) >= 11 is 7.89. The van der Waals surface area contributed by atoms with E-state index in [-0.39, 0.29) is 0 Å². The Morgan fingerprint density at radius 2 is 1.15 bits per heavy atom. The van der Waals surface area contributed by atoms with E-state index in [0.29, 0.717) is 5.56 Å². The van der Waals surface area contributed by atoms with Gasteiger partial charge in [0.2, 0.25) is 0 Å². The highest BCUT2D eigenvalue weighted by Crippen LogP contribution is 2.70. The molecule has 0 unspecified atom stereocenters. The molecule has 1 heterocycles. The van der Waals surface area contributed by atoms with Crippen LogP contribution in [0.3, 0.4) is 0 Å². The van der Waals surface area contributed by atoms with E-state index >= 15 is 0 Å². The largest absolute Gasteiger partial charge is 0.272 e. The lowest BCUT2D eigenvalue weighted by molar-refractivity contribution is -0.142. The number of nitrogens with one attached hydrogen (secondary N) is 1. The molecule has 0 saturated carbocycles. The molecule has 0 aromatic heterocycles. The molecule has 7 rings (SSSR count). The summed E-state index contributed by atoms with van der Waals surface area (Å²) in [6.45, 7) is 1.82. The van der Waals surface area contributed by atoms with Crippen molar-refractivity contribution in [3.63, 3.8) is 0 Å². The number of carbonyl (C=O) groups excluding carboxylic acids is 3. The van der Waals surface area contributed by atoms with Crippen molar-refractivity contribution < 1.29 is 14.4 Å². The molecule has 5 nitrogen and oxygen atoms in total. The zero-order valence-corrected chi connectivity index (χ0v) is 20.7. The van der Waals surface area contributed by atoms with Crippen LogP contribution in [-0.2, 0) is 18.2 Å². The van der Waals surface area contributed by atoms with Crippen molar-refractivity contribution in [2.45, 2.75) is 15.6 Å². The molecular formula is C26H18Br2N2O3. The Bertz CT molecular complexity index is 1260. The number of nitrogens with zero attached hydrogens (tertiary/aromatic N) is 1. The van der Waals surface area contributed by atoms with Crippen LogP contribution in [0.5, 0.6) is 0 Å². The van der Waals surface area contributed by atoms with E-state index in [4.69, 9.17) is 0 Å². The molecule has 33 heavy (non-hydrogen) atoms. The summed E-state index contributed by atoms with van der Waals surface area (Å²) in [5.41, 5.74) is 7.60. The van der Waals surface area contributed by atoms with Gasteiger partial charge in [-0.2, -0.15) is 5.01 Å². The van der Waals surface area contributed by atoms with E-state index in [1.165, 1.54) is 0 Å². The minimum Gasteiger partial charge on any atom is -0.272 e. The van der Waals surface area contributed by atoms with Crippen molar-refractivity contribution in [3.05, 3.63) is 106 Å². The van der Waals surface area contributed by atoms with E-state index in [2.05, 4.69) is 37.3 Å². The lowest BCUT2D eigenvalue weighted by Gasteiger charge is -2.55. The molecule has 1 saturated heterocycles. The van der Waals surface area contributed by atoms with Crippen molar-refractivity contribution in [3.8, 4) is 0 Å². The van der Waals surface area contributed by atoms with Gasteiger partial charge in [-0.05, 0) is 40.8 Å². The number of amides is 3. The van der Waals surface area contributed by atoms with E-state index in [1.54, 1.807) is 12.1 Å². The SMILES string of the molecule is Cc1ccccc1C(=O)NN1C(=O)[C@@H]2[C@H](C1=O)C1(Br)c3ccccc3C2(Br)c2ccccc21. The fourth-order valence-electron chi connectivity index (χ4n) is 5.77. The van der Waals surface area contributed by atoms with Crippen molar-refractivity contribution in [2.75, 3.05) is 0 Å². The third-order valence-corrected chi connectivity index (χ3v) is 9.88. The number of halogens is 2. The average Bonchev–Trinajstić information content (AvgIpc) is 3.08. The molecular weight excluding hydrogens is 548 g/mol. The standard InChI is InChI=1S/C26H18Br2N2O3/c1-14-8-2-3-9-15(14)22(31)29-30-23(32)20-21(24(30)33)26(28)17-11-5-4-10-16(17)25(20,27)18-12-6-7-13-19(18)26/h2-13,20-21H,1H3,(H,29,31)/t20-,21+,25?,26?. The van der Waals surface area contributed by atoms with Gasteiger partial charge in [-0.15, -0.1) is 0 Å². The second-order valence-electron chi connectivity index (χ2n) is 8.74. The van der Waals surface area contributed by atoms with Gasteiger partial charge in [0.1, 0.15) is 0 Å². The first-order valence-corrected chi connectivity index (χ1v) is 12.2. The molecule has 2 atom stereocenters. The van der Waals surface area contributed by atoms with Gasteiger partial charge in [0.15, 0.2) is 0 Å². The van der Waals surface area contributed by atoms with Gasteiger partial charge in [0, 0.05) is 5.56 Å². The second kappa shape index (κ2) is 6.87. The zero-order valence-electron chi connectivity index (χ0n) is 17.5. The van der Waals surface area contributed by atoms with Gasteiger partial charge in [-0.3, -0.25) is 19.8 Å². The number of alkyl halides is 2. The van der Waals surface area contributed by atoms with Crippen LogP contribution >= 0.6 is 31.9 Å². The summed E-state index contributed by atoms with van der Waals surface area (Å²) in [4.78, 5) is 40.6. The first-order valence-electron chi connectivity index (χ1n) is 10.6. The summed E-state index contributed by atoms with van der Waals surface area (Å²) in [5.74, 6) is -2.76. The lowest BCUT2D eigenvalue weighted by Crippen LogP contribution is -2.56. The van der Waals surface area contributed by atoms with Crippen LogP contribution in [0, 0.1) is 18.8 Å². The maximum atomic E-state index is 13.8. The molecule has 2 bridgehead atoms. The Hall–Kier alpha value is -2.77. The van der Waals surface area contributed by atoms with Gasteiger partial charge < -0.3 is 0 Å². The fourth-order valence-corrected chi connectivity index (χ4v) is 8.07. The van der Waals surface area contributed by atoms with Crippen LogP contribution in [0.25, 0.3) is 0 Å². The van der Waals surface area contributed by atoms with Crippen LogP contribution in [0.2, 0.25) is 0 Å². The van der Waals surface area contributed by atoms with E-state index in [0.717, 1.165) is 32.8 Å². The number of aryl methyl sites for hydroxylation is 1. The topological polar surface area (TPSA) is 66.5 Å². The average molecular weight is 566 g/mol. The first-order chi connectivity index (χ1) is 15.8. The maximum absolute atomic E-state index is 13.8. The number of benzene rings is 3. The first kappa shape index (κ1) is 20.8. The number of hydrogen-bond donors (Lipinski definition) is 1. The number of imide groups is 1. The molecule has 1 fully saturated rings. The number of hydrogen-bond acceptors (Lipinski definition) is 3. The van der Waals surface area contributed by atoms with Gasteiger partial charge in [0.25, 0.3) is 17.7 Å². The van der Waals surface area contributed by atoms with Crippen LogP contribution in [0.1, 0.15) is 38.2 Å². The predicted octanol–water partition coefficient (Wildman–Crippen LogP) is 4.55. The third kappa shape index (κ3) is 2.44. The summed E-state index contributed by atoms with van der Waals surface area (Å²) < 4.78 is -1.76. The molecule has 0 spiro atoms. The predicted molar refractivity (Wildman–Crippen MR) is 130 cm³/mol. The molecule has 3 aliphatic carbocycles. The monoisotopic (exact) mass is 564 g/mol. The minimum absolute atomic E-state index is 0.420. The Kier molecular flexibility index (Phi) is 4.33. The van der Waals surface area contributed by atoms with Crippen molar-refractivity contribution in [1.82, 2.24) is 10.4 Å². The summed E-state index contributed by atoms with van der Waals surface area (Å²) in [7, 11) is 0. The Labute approximate surface area is 207 Å². The number of rotatable bonds is 2. The highest BCUT2D eigenvalue weighted by atomic mass is 79.9. The van der Waals surface area contributed by atoms with Gasteiger partial charge in [0.05, 0.1) is 20.5 Å². The molecule has 3 aromatic carbocycles. The molecule has 7 heteroatoms. The molecule has 3 amide bonds. The van der Waals surface area contributed by atoms with E-state index < -0.39 is 38.2 Å². The summed E-state index contributed by atoms with van der Waals surface area (Å²) in [6, 6.07) is 22.8. The van der Waals surface area contributed by atoms with Gasteiger partial charge in [-0.1, -0.05) is 98.6 Å². The molecule has 164 valence electrons. The Morgan fingerprint density at radius 1 is 0.758 bits per heavy atom. The lowest BCUT2D eigenvalue weighted by atomic mass is 9.54. The van der Waals surface area contributed by atoms with E-state index in [9.17, 15) is 14.4 Å². The number of hydrazine groups is 1. The maximum Gasteiger partial charge on any atom is 0.270 e. The molecule has 3 aromatic rings. The van der Waals surface area contributed by atoms with Gasteiger partial charge >= 0.3 is 0 Å². The zero-order chi connectivity index (χ0) is 23.1. The van der Waals surface area contributed by atoms with Crippen molar-refractivity contribution >= 4 is 49.6 Å². The summed E-state index contributed by atoms with van der Waals surface area (Å²) in [5, 5.41) is 0.924. The molecule has 1 aliphatic heterocycles. The quantitative estimate of drug-likeness (QED) is 0.366. The minimum atomic E-state index is -0.880.